The molecule has 3 N–H and O–H groups in total. The molecule has 0 aromatic rings. The van der Waals surface area contributed by atoms with Gasteiger partial charge in [-0.2, -0.15) is 0 Å². The Labute approximate surface area is 90.4 Å². The molecule has 2 unspecified atom stereocenters. The van der Waals surface area contributed by atoms with Gasteiger partial charge in [0.15, 0.2) is 0 Å². The third-order valence-electron chi connectivity index (χ3n) is 3.66. The first kappa shape index (κ1) is 10.9. The molecule has 0 aliphatic carbocycles. The number of piperidine rings is 1. The van der Waals surface area contributed by atoms with E-state index in [0.717, 1.165) is 38.8 Å². The van der Waals surface area contributed by atoms with Crippen molar-refractivity contribution in [3.63, 3.8) is 0 Å². The zero-order chi connectivity index (χ0) is 10.7. The molecule has 2 heterocycles. The summed E-state index contributed by atoms with van der Waals surface area (Å²) < 4.78 is 0. The summed E-state index contributed by atoms with van der Waals surface area (Å²) >= 11 is 0. The summed E-state index contributed by atoms with van der Waals surface area (Å²) in [6, 6.07) is 0.389. The normalized spacial score (nSPS) is 36.7. The smallest absolute Gasteiger partial charge is 0.323 e. The Kier molecular flexibility index (Phi) is 3.26. The van der Waals surface area contributed by atoms with Crippen LogP contribution in [0.5, 0.6) is 0 Å². The van der Waals surface area contributed by atoms with Gasteiger partial charge in [-0.15, -0.1) is 0 Å². The Morgan fingerprint density at radius 2 is 2.20 bits per heavy atom. The molecular weight excluding hydrogens is 192 g/mol. The number of hydrogen-bond donors (Lipinski definition) is 3. The van der Waals surface area contributed by atoms with Crippen molar-refractivity contribution in [2.75, 3.05) is 13.1 Å². The average molecular weight is 212 g/mol. The molecule has 0 radical (unpaired) electrons. The van der Waals surface area contributed by atoms with Crippen LogP contribution in [0.25, 0.3) is 0 Å². The lowest BCUT2D eigenvalue weighted by atomic mass is 9.86. The van der Waals surface area contributed by atoms with Gasteiger partial charge in [0.25, 0.3) is 0 Å². The Hall–Kier alpha value is -0.610. The van der Waals surface area contributed by atoms with Gasteiger partial charge in [0, 0.05) is 6.04 Å². The molecule has 0 saturated carbocycles. The minimum Gasteiger partial charge on any atom is -0.480 e. The van der Waals surface area contributed by atoms with E-state index >= 15 is 0 Å². The van der Waals surface area contributed by atoms with E-state index in [2.05, 4.69) is 10.6 Å². The highest BCUT2D eigenvalue weighted by Crippen LogP contribution is 2.27. The largest absolute Gasteiger partial charge is 0.480 e. The fourth-order valence-electron chi connectivity index (χ4n) is 2.77. The molecular formula is C11H20N2O2. The van der Waals surface area contributed by atoms with Gasteiger partial charge < -0.3 is 15.7 Å². The molecule has 86 valence electrons. The number of rotatable bonds is 3. The standard InChI is InChI=1S/C11H20N2O2/c14-10(15)11(5-3-7-13-11)8-9-4-1-2-6-12-9/h9,12-13H,1-8H2,(H,14,15). The predicted molar refractivity (Wildman–Crippen MR) is 57.9 cm³/mol. The van der Waals surface area contributed by atoms with Gasteiger partial charge in [-0.3, -0.25) is 4.79 Å². The molecule has 2 fully saturated rings. The molecule has 4 nitrogen and oxygen atoms in total. The zero-order valence-corrected chi connectivity index (χ0v) is 9.09. The van der Waals surface area contributed by atoms with Crippen LogP contribution in [0.2, 0.25) is 0 Å². The maximum absolute atomic E-state index is 11.3. The number of carbonyl (C=O) groups is 1. The number of aliphatic carboxylic acids is 1. The van der Waals surface area contributed by atoms with Gasteiger partial charge in [0.05, 0.1) is 0 Å². The molecule has 2 aliphatic rings. The molecule has 0 amide bonds. The molecule has 2 aliphatic heterocycles. The molecule has 2 saturated heterocycles. The lowest BCUT2D eigenvalue weighted by Crippen LogP contribution is -2.52. The van der Waals surface area contributed by atoms with Crippen LogP contribution in [0.1, 0.15) is 38.5 Å². The molecule has 2 rings (SSSR count). The molecule has 0 bridgehead atoms. The van der Waals surface area contributed by atoms with Gasteiger partial charge in [-0.05, 0) is 45.2 Å². The average Bonchev–Trinajstić information content (AvgIpc) is 2.69. The number of carboxylic acid groups (broad SMARTS) is 1. The van der Waals surface area contributed by atoms with Crippen LogP contribution in [0.4, 0.5) is 0 Å². The van der Waals surface area contributed by atoms with Crippen molar-refractivity contribution >= 4 is 5.97 Å². The minimum atomic E-state index is -0.674. The Bertz CT molecular complexity index is 231. The monoisotopic (exact) mass is 212 g/mol. The fraction of sp³-hybridized carbons (Fsp3) is 0.909. The van der Waals surface area contributed by atoms with Gasteiger partial charge in [0.1, 0.15) is 5.54 Å². The van der Waals surface area contributed by atoms with E-state index in [9.17, 15) is 9.90 Å². The lowest BCUT2D eigenvalue weighted by molar-refractivity contribution is -0.144. The van der Waals surface area contributed by atoms with Crippen molar-refractivity contribution < 1.29 is 9.90 Å². The van der Waals surface area contributed by atoms with Gasteiger partial charge in [-0.1, -0.05) is 6.42 Å². The molecule has 4 heteroatoms. The van der Waals surface area contributed by atoms with Crippen LogP contribution in [0, 0.1) is 0 Å². The van der Waals surface area contributed by atoms with Crippen LogP contribution < -0.4 is 10.6 Å². The first-order chi connectivity index (χ1) is 7.23. The second-order valence-corrected chi connectivity index (χ2v) is 4.77. The van der Waals surface area contributed by atoms with E-state index in [1.54, 1.807) is 0 Å². The first-order valence-corrected chi connectivity index (χ1v) is 5.95. The van der Waals surface area contributed by atoms with E-state index < -0.39 is 11.5 Å². The topological polar surface area (TPSA) is 61.4 Å². The summed E-state index contributed by atoms with van der Waals surface area (Å²) in [4.78, 5) is 11.3. The third kappa shape index (κ3) is 2.32. The summed E-state index contributed by atoms with van der Waals surface area (Å²) in [6.07, 6.45) is 6.08. The molecule has 15 heavy (non-hydrogen) atoms. The second kappa shape index (κ2) is 4.49. The van der Waals surface area contributed by atoms with Crippen molar-refractivity contribution in [3.8, 4) is 0 Å². The summed E-state index contributed by atoms with van der Waals surface area (Å²) in [7, 11) is 0. The van der Waals surface area contributed by atoms with E-state index in [0.29, 0.717) is 6.04 Å². The Balaban J connectivity index is 1.96. The summed E-state index contributed by atoms with van der Waals surface area (Å²) in [6.45, 7) is 1.89. The van der Waals surface area contributed by atoms with Gasteiger partial charge >= 0.3 is 5.97 Å². The second-order valence-electron chi connectivity index (χ2n) is 4.77. The van der Waals surface area contributed by atoms with E-state index in [4.69, 9.17) is 0 Å². The first-order valence-electron chi connectivity index (χ1n) is 5.95. The minimum absolute atomic E-state index is 0.389. The highest BCUT2D eigenvalue weighted by atomic mass is 16.4. The highest BCUT2D eigenvalue weighted by Gasteiger charge is 2.42. The number of nitrogens with one attached hydrogen (secondary N) is 2. The van der Waals surface area contributed by atoms with E-state index in [-0.39, 0.29) is 0 Å². The quantitative estimate of drug-likeness (QED) is 0.645. The maximum Gasteiger partial charge on any atom is 0.323 e. The number of hydrogen-bond acceptors (Lipinski definition) is 3. The van der Waals surface area contributed by atoms with Crippen molar-refractivity contribution in [1.29, 1.82) is 0 Å². The van der Waals surface area contributed by atoms with Crippen molar-refractivity contribution in [1.82, 2.24) is 10.6 Å². The third-order valence-corrected chi connectivity index (χ3v) is 3.66. The molecule has 2 atom stereocenters. The maximum atomic E-state index is 11.3. The van der Waals surface area contributed by atoms with E-state index in [1.165, 1.54) is 12.8 Å². The van der Waals surface area contributed by atoms with Crippen LogP contribution >= 0.6 is 0 Å². The lowest BCUT2D eigenvalue weighted by Gasteiger charge is -2.32. The SMILES string of the molecule is O=C(O)C1(CC2CCCCN2)CCCN1. The van der Waals surface area contributed by atoms with Gasteiger partial charge in [-0.25, -0.2) is 0 Å². The highest BCUT2D eigenvalue weighted by molar-refractivity contribution is 5.79. The summed E-state index contributed by atoms with van der Waals surface area (Å²) in [5.74, 6) is -0.674. The van der Waals surface area contributed by atoms with E-state index in [1.807, 2.05) is 0 Å². The van der Waals surface area contributed by atoms with Crippen LogP contribution in [-0.2, 0) is 4.79 Å². The molecule has 0 spiro atoms. The van der Waals surface area contributed by atoms with Crippen molar-refractivity contribution in [3.05, 3.63) is 0 Å². The summed E-state index contributed by atoms with van der Waals surface area (Å²) in [5.41, 5.74) is -0.644. The van der Waals surface area contributed by atoms with Crippen LogP contribution in [-0.4, -0.2) is 35.7 Å². The van der Waals surface area contributed by atoms with Crippen molar-refractivity contribution in [2.24, 2.45) is 0 Å². The Morgan fingerprint density at radius 3 is 2.73 bits per heavy atom. The Morgan fingerprint density at radius 1 is 1.33 bits per heavy atom. The molecule has 0 aromatic heterocycles. The van der Waals surface area contributed by atoms with Gasteiger partial charge in [0.2, 0.25) is 0 Å². The number of carboxylic acids is 1. The van der Waals surface area contributed by atoms with Crippen LogP contribution in [0.3, 0.4) is 0 Å². The summed E-state index contributed by atoms with van der Waals surface area (Å²) in [5, 5.41) is 15.9. The van der Waals surface area contributed by atoms with Crippen LogP contribution in [0.15, 0.2) is 0 Å². The van der Waals surface area contributed by atoms with Crippen molar-refractivity contribution in [2.45, 2.75) is 50.1 Å². The fourth-order valence-corrected chi connectivity index (χ4v) is 2.77. The predicted octanol–water partition coefficient (Wildman–Crippen LogP) is 0.725. The zero-order valence-electron chi connectivity index (χ0n) is 9.09. The molecule has 0 aromatic carbocycles.